The monoisotopic (exact) mass is 292 g/mol. The van der Waals surface area contributed by atoms with Crippen molar-refractivity contribution in [3.8, 4) is 0 Å². The van der Waals surface area contributed by atoms with E-state index in [1.165, 1.54) is 0 Å². The van der Waals surface area contributed by atoms with Gasteiger partial charge in [0.25, 0.3) is 0 Å². The standard InChI is InChI=1S/CHBr2.Sb/c2-1-3;/h1H;. The van der Waals surface area contributed by atoms with Crippen molar-refractivity contribution >= 4 is 54.9 Å². The first-order chi connectivity index (χ1) is 1.73. The van der Waals surface area contributed by atoms with Crippen molar-refractivity contribution in [2.75, 3.05) is 0 Å². The van der Waals surface area contributed by atoms with Gasteiger partial charge in [0.05, 0.1) is 0 Å². The molecular weight excluding hydrogens is 294 g/mol. The van der Waals surface area contributed by atoms with Crippen LogP contribution < -0.4 is 0 Å². The van der Waals surface area contributed by atoms with E-state index in [1.807, 2.05) is 0 Å². The van der Waals surface area contributed by atoms with Crippen LogP contribution in [0.2, 0.25) is 0 Å². The molecule has 0 aromatic heterocycles. The van der Waals surface area contributed by atoms with E-state index >= 15 is 0 Å². The van der Waals surface area contributed by atoms with E-state index in [-0.39, 0.29) is 0 Å². The van der Waals surface area contributed by atoms with E-state index in [9.17, 15) is 0 Å². The van der Waals surface area contributed by atoms with Gasteiger partial charge >= 0.3 is 56.6 Å². The van der Waals surface area contributed by atoms with E-state index < -0.39 is 0 Å². The van der Waals surface area contributed by atoms with Crippen LogP contribution in [-0.4, -0.2) is 24.7 Å². The van der Waals surface area contributed by atoms with Crippen molar-refractivity contribution in [2.24, 2.45) is 0 Å². The summed E-state index contributed by atoms with van der Waals surface area (Å²) >= 11 is 8.12. The summed E-state index contributed by atoms with van der Waals surface area (Å²) in [6.45, 7) is 0. The summed E-state index contributed by atoms with van der Waals surface area (Å²) in [4.78, 5) is 0. The molecule has 0 bridgehead atoms. The molecule has 0 amide bonds. The number of halogens is 2. The van der Waals surface area contributed by atoms with Crippen LogP contribution in [0, 0.1) is 0 Å². The first-order valence-electron chi connectivity index (χ1n) is 0.695. The predicted molar refractivity (Wildman–Crippen MR) is 27.4 cm³/mol. The summed E-state index contributed by atoms with van der Waals surface area (Å²) in [6, 6.07) is 0. The molecule has 0 heterocycles. The Kier molecular flexibility index (Phi) is 4.32. The van der Waals surface area contributed by atoms with Crippen LogP contribution >= 0.6 is 31.9 Å². The van der Waals surface area contributed by atoms with E-state index in [0.29, 0.717) is 1.68 Å². The fraction of sp³-hybridized carbons (Fsp3) is 1.00. The van der Waals surface area contributed by atoms with Gasteiger partial charge < -0.3 is 0 Å². The third kappa shape index (κ3) is 9.22. The Bertz CT molecular complexity index is 10.8. The zero-order valence-corrected chi connectivity index (χ0v) is 7.51. The summed E-state index contributed by atoms with van der Waals surface area (Å²) < 4.78 is 0.508. The minimum absolute atomic E-state index is 0.508. The minimum atomic E-state index is 0.508. The number of hydrogen-bond donors (Lipinski definition) is 0. The first-order valence-corrected chi connectivity index (χ1v) is 4.00. The third-order valence-electron chi connectivity index (χ3n) is 0. The molecule has 0 rings (SSSR count). The third-order valence-corrected chi connectivity index (χ3v) is 0. The summed E-state index contributed by atoms with van der Waals surface area (Å²) in [5, 5.41) is 0. The first kappa shape index (κ1) is 5.78. The Balaban J connectivity index is 2.32. The summed E-state index contributed by atoms with van der Waals surface area (Å²) in [5.41, 5.74) is 0. The SMILES string of the molecule is Br[CH](Br)[Sb]. The summed E-state index contributed by atoms with van der Waals surface area (Å²) in [7, 11) is 0. The van der Waals surface area contributed by atoms with Gasteiger partial charge in [-0.15, -0.1) is 0 Å². The van der Waals surface area contributed by atoms with Gasteiger partial charge in [-0.2, -0.15) is 0 Å². The molecule has 0 aliphatic heterocycles. The molecule has 0 spiro atoms. The van der Waals surface area contributed by atoms with Crippen LogP contribution in [0.5, 0.6) is 0 Å². The van der Waals surface area contributed by atoms with Crippen molar-refractivity contribution in [3.05, 3.63) is 0 Å². The molecular formula is CHBr2Sb. The Morgan fingerprint density at radius 2 is 1.50 bits per heavy atom. The fourth-order valence-electron chi connectivity index (χ4n) is 0. The van der Waals surface area contributed by atoms with Crippen molar-refractivity contribution in [1.29, 1.82) is 0 Å². The van der Waals surface area contributed by atoms with Crippen LogP contribution in [0.15, 0.2) is 0 Å². The van der Waals surface area contributed by atoms with Gasteiger partial charge in [0.2, 0.25) is 0 Å². The molecule has 0 unspecified atom stereocenters. The molecule has 0 aromatic carbocycles. The summed E-state index contributed by atoms with van der Waals surface area (Å²) in [5.74, 6) is 0. The normalized spacial score (nSPS) is 9.00. The molecule has 2 radical (unpaired) electrons. The second kappa shape index (κ2) is 2.99. The van der Waals surface area contributed by atoms with Gasteiger partial charge in [0, 0.05) is 0 Å². The van der Waals surface area contributed by atoms with E-state index in [1.54, 1.807) is 23.0 Å². The second-order valence-corrected chi connectivity index (χ2v) is 9.03. The summed E-state index contributed by atoms with van der Waals surface area (Å²) in [6.07, 6.45) is 0. The van der Waals surface area contributed by atoms with E-state index in [2.05, 4.69) is 31.9 Å². The molecule has 0 aliphatic carbocycles. The zero-order chi connectivity index (χ0) is 3.58. The Hall–Kier alpha value is 1.78. The molecule has 0 aliphatic rings. The Morgan fingerprint density at radius 1 is 1.50 bits per heavy atom. The molecule has 4 heavy (non-hydrogen) atoms. The van der Waals surface area contributed by atoms with Crippen molar-refractivity contribution in [1.82, 2.24) is 0 Å². The molecule has 3 heteroatoms. The zero-order valence-electron chi connectivity index (χ0n) is 1.78. The van der Waals surface area contributed by atoms with Gasteiger partial charge in [-0.1, -0.05) is 0 Å². The van der Waals surface area contributed by atoms with Gasteiger partial charge in [0.1, 0.15) is 0 Å². The van der Waals surface area contributed by atoms with Crippen LogP contribution in [0.25, 0.3) is 0 Å². The Labute approximate surface area is 56.1 Å². The second-order valence-electron chi connectivity index (χ2n) is 0.278. The molecule has 24 valence electrons. The molecule has 0 nitrogen and oxygen atoms in total. The van der Waals surface area contributed by atoms with Crippen LogP contribution in [-0.2, 0) is 0 Å². The number of hydrogen-bond acceptors (Lipinski definition) is 0. The van der Waals surface area contributed by atoms with Gasteiger partial charge in [-0.05, 0) is 0 Å². The average molecular weight is 295 g/mol. The van der Waals surface area contributed by atoms with Gasteiger partial charge in [-0.3, -0.25) is 0 Å². The van der Waals surface area contributed by atoms with Gasteiger partial charge in [0.15, 0.2) is 0 Å². The van der Waals surface area contributed by atoms with Crippen molar-refractivity contribution < 1.29 is 0 Å². The van der Waals surface area contributed by atoms with Crippen LogP contribution in [0.1, 0.15) is 0 Å². The van der Waals surface area contributed by atoms with E-state index in [4.69, 9.17) is 0 Å². The maximum absolute atomic E-state index is 3.21. The number of alkyl halides is 2. The fourth-order valence-corrected chi connectivity index (χ4v) is 0. The molecule has 0 saturated heterocycles. The predicted octanol–water partition coefficient (Wildman–Crippen LogP) is 1.23. The van der Waals surface area contributed by atoms with Crippen molar-refractivity contribution in [3.63, 3.8) is 0 Å². The van der Waals surface area contributed by atoms with E-state index in [0.717, 1.165) is 0 Å². The molecule has 0 atom stereocenters. The number of rotatable bonds is 0. The topological polar surface area (TPSA) is 0 Å². The molecule has 0 saturated carbocycles. The quantitative estimate of drug-likeness (QED) is 0.466. The van der Waals surface area contributed by atoms with Crippen LogP contribution in [0.3, 0.4) is 0 Å². The molecule has 0 N–H and O–H groups in total. The Morgan fingerprint density at radius 3 is 1.50 bits per heavy atom. The van der Waals surface area contributed by atoms with Crippen LogP contribution in [0.4, 0.5) is 0 Å². The average Bonchev–Trinajstić information content (AvgIpc) is 0.811. The molecule has 0 fully saturated rings. The molecule has 0 aromatic rings. The maximum atomic E-state index is 3.21. The van der Waals surface area contributed by atoms with Crippen molar-refractivity contribution in [2.45, 2.75) is 1.68 Å². The van der Waals surface area contributed by atoms with Gasteiger partial charge in [-0.25, -0.2) is 0 Å².